The standard InChI is InChI=1S/C28H24F2N2O2/c29-25-8-4-21(5-9-25)14-17-34-27-3-1-2-23(18-27)20-32(19-22-12-15-31-16-13-22)28(33)24-6-10-26(30)11-7-24/h1-13,15-16,18H,14,17,19-20H2. The highest BCUT2D eigenvalue weighted by Gasteiger charge is 2.17. The molecule has 3 aromatic carbocycles. The van der Waals surface area contributed by atoms with Gasteiger partial charge in [-0.05, 0) is 77.4 Å². The van der Waals surface area contributed by atoms with Crippen molar-refractivity contribution in [2.75, 3.05) is 6.61 Å². The van der Waals surface area contributed by atoms with Crippen molar-refractivity contribution in [1.82, 2.24) is 9.88 Å². The number of nitrogens with zero attached hydrogens (tertiary/aromatic N) is 2. The third-order valence-corrected chi connectivity index (χ3v) is 5.35. The van der Waals surface area contributed by atoms with E-state index in [1.54, 1.807) is 29.4 Å². The molecule has 4 nitrogen and oxygen atoms in total. The Morgan fingerprint density at radius 3 is 2.12 bits per heavy atom. The molecule has 0 radical (unpaired) electrons. The Kier molecular flexibility index (Phi) is 7.60. The molecule has 0 aliphatic carbocycles. The number of aromatic nitrogens is 1. The maximum atomic E-state index is 13.4. The zero-order valence-corrected chi connectivity index (χ0v) is 18.5. The zero-order valence-electron chi connectivity index (χ0n) is 18.5. The maximum absolute atomic E-state index is 13.4. The molecular weight excluding hydrogens is 434 g/mol. The number of pyridine rings is 1. The van der Waals surface area contributed by atoms with Crippen molar-refractivity contribution >= 4 is 5.91 Å². The van der Waals surface area contributed by atoms with Gasteiger partial charge >= 0.3 is 0 Å². The van der Waals surface area contributed by atoms with E-state index < -0.39 is 0 Å². The van der Waals surface area contributed by atoms with E-state index >= 15 is 0 Å². The molecule has 34 heavy (non-hydrogen) atoms. The Hall–Kier alpha value is -4.06. The van der Waals surface area contributed by atoms with Gasteiger partial charge in [-0.15, -0.1) is 0 Å². The summed E-state index contributed by atoms with van der Waals surface area (Å²) in [4.78, 5) is 19.0. The Bertz CT molecular complexity index is 1210. The Labute approximate surface area is 197 Å². The molecule has 4 aromatic rings. The van der Waals surface area contributed by atoms with Crippen LogP contribution in [0.1, 0.15) is 27.0 Å². The smallest absolute Gasteiger partial charge is 0.254 e. The van der Waals surface area contributed by atoms with Crippen molar-refractivity contribution in [2.45, 2.75) is 19.5 Å². The topological polar surface area (TPSA) is 42.4 Å². The molecule has 0 unspecified atom stereocenters. The third kappa shape index (κ3) is 6.48. The summed E-state index contributed by atoms with van der Waals surface area (Å²) in [6.45, 7) is 1.19. The van der Waals surface area contributed by atoms with Crippen LogP contribution in [0.5, 0.6) is 5.75 Å². The molecule has 6 heteroatoms. The summed E-state index contributed by atoms with van der Waals surface area (Å²) in [5, 5.41) is 0. The van der Waals surface area contributed by atoms with Crippen LogP contribution in [0.3, 0.4) is 0 Å². The molecule has 1 aromatic heterocycles. The molecule has 0 atom stereocenters. The largest absolute Gasteiger partial charge is 0.493 e. The van der Waals surface area contributed by atoms with Gasteiger partial charge in [0.05, 0.1) is 6.61 Å². The predicted molar refractivity (Wildman–Crippen MR) is 126 cm³/mol. The van der Waals surface area contributed by atoms with E-state index in [2.05, 4.69) is 4.98 Å². The molecular formula is C28H24F2N2O2. The fraction of sp³-hybridized carbons (Fsp3) is 0.143. The molecule has 0 aliphatic heterocycles. The van der Waals surface area contributed by atoms with Gasteiger partial charge in [-0.1, -0.05) is 24.3 Å². The van der Waals surface area contributed by atoms with Gasteiger partial charge in [-0.2, -0.15) is 0 Å². The first kappa shape index (κ1) is 23.1. The van der Waals surface area contributed by atoms with Crippen LogP contribution in [0.2, 0.25) is 0 Å². The Balaban J connectivity index is 1.46. The molecule has 0 saturated heterocycles. The molecule has 1 amide bonds. The van der Waals surface area contributed by atoms with Gasteiger partial charge in [0.25, 0.3) is 5.91 Å². The van der Waals surface area contributed by atoms with Crippen molar-refractivity contribution in [2.24, 2.45) is 0 Å². The lowest BCUT2D eigenvalue weighted by Crippen LogP contribution is -2.30. The molecule has 0 spiro atoms. The van der Waals surface area contributed by atoms with Crippen LogP contribution < -0.4 is 4.74 Å². The van der Waals surface area contributed by atoms with Gasteiger partial charge in [-0.25, -0.2) is 8.78 Å². The van der Waals surface area contributed by atoms with Crippen LogP contribution >= 0.6 is 0 Å². The number of benzene rings is 3. The lowest BCUT2D eigenvalue weighted by molar-refractivity contribution is 0.0729. The summed E-state index contributed by atoms with van der Waals surface area (Å²) < 4.78 is 32.3. The number of rotatable bonds is 9. The fourth-order valence-corrected chi connectivity index (χ4v) is 3.57. The first-order chi connectivity index (χ1) is 16.6. The minimum absolute atomic E-state index is 0.195. The van der Waals surface area contributed by atoms with Crippen LogP contribution in [-0.4, -0.2) is 22.4 Å². The predicted octanol–water partition coefficient (Wildman–Crippen LogP) is 5.82. The molecule has 1 heterocycles. The summed E-state index contributed by atoms with van der Waals surface area (Å²) in [6, 6.07) is 23.2. The van der Waals surface area contributed by atoms with Gasteiger partial charge in [-0.3, -0.25) is 9.78 Å². The molecule has 0 N–H and O–H groups in total. The highest BCUT2D eigenvalue weighted by Crippen LogP contribution is 2.19. The number of carbonyl (C=O) groups excluding carboxylic acids is 1. The maximum Gasteiger partial charge on any atom is 0.254 e. The summed E-state index contributed by atoms with van der Waals surface area (Å²) in [7, 11) is 0. The molecule has 0 saturated carbocycles. The van der Waals surface area contributed by atoms with E-state index in [1.807, 2.05) is 36.4 Å². The summed E-state index contributed by atoms with van der Waals surface area (Å²) in [5.41, 5.74) is 3.26. The number of ether oxygens (including phenoxy) is 1. The van der Waals surface area contributed by atoms with Crippen LogP contribution in [0, 0.1) is 11.6 Å². The van der Waals surface area contributed by atoms with Gasteiger partial charge in [0.2, 0.25) is 0 Å². The minimum atomic E-state index is -0.386. The number of hydrogen-bond acceptors (Lipinski definition) is 3. The van der Waals surface area contributed by atoms with Crippen LogP contribution in [0.25, 0.3) is 0 Å². The fourth-order valence-electron chi connectivity index (χ4n) is 3.57. The van der Waals surface area contributed by atoms with Crippen LogP contribution in [0.4, 0.5) is 8.78 Å². The number of hydrogen-bond donors (Lipinski definition) is 0. The van der Waals surface area contributed by atoms with Crippen LogP contribution in [0.15, 0.2) is 97.3 Å². The molecule has 0 bridgehead atoms. The summed E-state index contributed by atoms with van der Waals surface area (Å²) >= 11 is 0. The Morgan fingerprint density at radius 1 is 0.765 bits per heavy atom. The SMILES string of the molecule is O=C(c1ccc(F)cc1)N(Cc1ccncc1)Cc1cccc(OCCc2ccc(F)cc2)c1. The second-order valence-corrected chi connectivity index (χ2v) is 7.90. The van der Waals surface area contributed by atoms with E-state index in [9.17, 15) is 13.6 Å². The van der Waals surface area contributed by atoms with E-state index in [0.29, 0.717) is 37.4 Å². The van der Waals surface area contributed by atoms with Crippen molar-refractivity contribution in [3.8, 4) is 5.75 Å². The average Bonchev–Trinajstić information content (AvgIpc) is 2.86. The van der Waals surface area contributed by atoms with E-state index in [0.717, 1.165) is 16.7 Å². The highest BCUT2D eigenvalue weighted by atomic mass is 19.1. The first-order valence-corrected chi connectivity index (χ1v) is 11.0. The first-order valence-electron chi connectivity index (χ1n) is 11.0. The van der Waals surface area contributed by atoms with E-state index in [-0.39, 0.29) is 17.5 Å². The minimum Gasteiger partial charge on any atom is -0.493 e. The van der Waals surface area contributed by atoms with Crippen molar-refractivity contribution in [1.29, 1.82) is 0 Å². The van der Waals surface area contributed by atoms with Gasteiger partial charge in [0, 0.05) is 37.5 Å². The number of halogens is 2. The van der Waals surface area contributed by atoms with E-state index in [1.165, 1.54) is 36.4 Å². The van der Waals surface area contributed by atoms with Gasteiger partial charge in [0.15, 0.2) is 0 Å². The second kappa shape index (κ2) is 11.2. The lowest BCUT2D eigenvalue weighted by atomic mass is 10.1. The Morgan fingerprint density at radius 2 is 1.41 bits per heavy atom. The molecule has 172 valence electrons. The molecule has 0 fully saturated rings. The summed E-state index contributed by atoms with van der Waals surface area (Å²) in [5.74, 6) is -0.149. The molecule has 0 aliphatic rings. The van der Waals surface area contributed by atoms with Crippen molar-refractivity contribution < 1.29 is 18.3 Å². The van der Waals surface area contributed by atoms with Gasteiger partial charge in [0.1, 0.15) is 17.4 Å². The zero-order chi connectivity index (χ0) is 23.8. The van der Waals surface area contributed by atoms with Crippen LogP contribution in [-0.2, 0) is 19.5 Å². The quantitative estimate of drug-likeness (QED) is 0.317. The van der Waals surface area contributed by atoms with Crippen molar-refractivity contribution in [3.63, 3.8) is 0 Å². The third-order valence-electron chi connectivity index (χ3n) is 5.35. The number of carbonyl (C=O) groups is 1. The van der Waals surface area contributed by atoms with Crippen molar-refractivity contribution in [3.05, 3.63) is 131 Å². The molecule has 4 rings (SSSR count). The monoisotopic (exact) mass is 458 g/mol. The lowest BCUT2D eigenvalue weighted by Gasteiger charge is -2.23. The average molecular weight is 459 g/mol. The number of amides is 1. The summed E-state index contributed by atoms with van der Waals surface area (Å²) in [6.07, 6.45) is 4.03. The van der Waals surface area contributed by atoms with E-state index in [4.69, 9.17) is 4.74 Å². The second-order valence-electron chi connectivity index (χ2n) is 7.90. The normalized spacial score (nSPS) is 10.6. The highest BCUT2D eigenvalue weighted by molar-refractivity contribution is 5.94. The van der Waals surface area contributed by atoms with Gasteiger partial charge < -0.3 is 9.64 Å².